The molecule has 1 amide bonds. The summed E-state index contributed by atoms with van der Waals surface area (Å²) in [6.07, 6.45) is -16.0. The first-order valence-electron chi connectivity index (χ1n) is 11.5. The Morgan fingerprint density at radius 2 is 1.58 bits per heavy atom. The zero-order valence-corrected chi connectivity index (χ0v) is 20.4. The van der Waals surface area contributed by atoms with Crippen LogP contribution in [0.4, 0.5) is 50.0 Å². The van der Waals surface area contributed by atoms with Gasteiger partial charge >= 0.3 is 24.6 Å². The van der Waals surface area contributed by atoms with Gasteiger partial charge in [-0.25, -0.2) is 9.78 Å². The average Bonchev–Trinajstić information content (AvgIpc) is 2.79. The van der Waals surface area contributed by atoms with E-state index in [2.05, 4.69) is 10.3 Å². The minimum atomic E-state index is -5.05. The van der Waals surface area contributed by atoms with E-state index < -0.39 is 66.2 Å². The van der Waals surface area contributed by atoms with Crippen molar-refractivity contribution in [1.82, 2.24) is 10.3 Å². The van der Waals surface area contributed by atoms with Crippen molar-refractivity contribution in [1.29, 1.82) is 0 Å². The summed E-state index contributed by atoms with van der Waals surface area (Å²) < 4.78 is 125. The van der Waals surface area contributed by atoms with Crippen molar-refractivity contribution in [2.75, 3.05) is 4.90 Å². The highest BCUT2D eigenvalue weighted by Crippen LogP contribution is 2.41. The highest BCUT2D eigenvalue weighted by atomic mass is 19.4. The monoisotopic (exact) mass is 557 g/mol. The topological polar surface area (TPSA) is 54.5 Å². The molecule has 0 radical (unpaired) electrons. The predicted molar refractivity (Wildman–Crippen MR) is 118 cm³/mol. The summed E-state index contributed by atoms with van der Waals surface area (Å²) in [5.74, 6) is 0. The molecule has 0 unspecified atom stereocenters. The lowest BCUT2D eigenvalue weighted by atomic mass is 9.93. The van der Waals surface area contributed by atoms with Crippen LogP contribution in [0.2, 0.25) is 0 Å². The smallest absolute Gasteiger partial charge is 0.433 e. The van der Waals surface area contributed by atoms with Gasteiger partial charge in [-0.15, -0.1) is 0 Å². The summed E-state index contributed by atoms with van der Waals surface area (Å²) in [5.41, 5.74) is -4.91. The van der Waals surface area contributed by atoms with Gasteiger partial charge in [-0.1, -0.05) is 6.92 Å². The van der Waals surface area contributed by atoms with Gasteiger partial charge in [0.2, 0.25) is 0 Å². The minimum Gasteiger partial charge on any atom is -0.446 e. The molecule has 0 fully saturated rings. The molecule has 2 aromatic rings. The number of fused-ring (bicyclic) bond motifs is 1. The van der Waals surface area contributed by atoms with Crippen molar-refractivity contribution in [2.24, 2.45) is 0 Å². The van der Waals surface area contributed by atoms with Crippen LogP contribution in [0.5, 0.6) is 0 Å². The Morgan fingerprint density at radius 1 is 1.00 bits per heavy atom. The number of hydrogen-bond donors (Lipinski definition) is 1. The molecule has 0 spiro atoms. The van der Waals surface area contributed by atoms with Gasteiger partial charge in [0.25, 0.3) is 0 Å². The zero-order chi connectivity index (χ0) is 28.6. The Kier molecular flexibility index (Phi) is 8.25. The molecule has 38 heavy (non-hydrogen) atoms. The van der Waals surface area contributed by atoms with Gasteiger partial charge < -0.3 is 10.1 Å². The number of amides is 1. The van der Waals surface area contributed by atoms with Crippen LogP contribution < -0.4 is 10.2 Å². The third kappa shape index (κ3) is 6.69. The number of carbonyl (C=O) groups excluding carboxylic acids is 1. The van der Waals surface area contributed by atoms with Gasteiger partial charge in [0, 0.05) is 12.6 Å². The van der Waals surface area contributed by atoms with E-state index >= 15 is 0 Å². The number of nitrogens with zero attached hydrogens (tertiary/aromatic N) is 2. The summed E-state index contributed by atoms with van der Waals surface area (Å²) in [6.45, 7) is 4.34. The van der Waals surface area contributed by atoms with Crippen LogP contribution in [0.15, 0.2) is 30.3 Å². The number of nitrogens with one attached hydrogen (secondary N) is 1. The Bertz CT molecular complexity index is 1130. The second kappa shape index (κ2) is 10.6. The molecular formula is C24H24F9N3O2. The first-order chi connectivity index (χ1) is 17.4. The SMILES string of the molecule is CC[C@@H]1C[C@H](NCc2cc(C(F)(F)F)cc(C(F)(F)F)c2)c2nc(C(F)(F)F)ccc2N1C(=O)OC(C)C. The number of rotatable bonds is 5. The van der Waals surface area contributed by atoms with E-state index in [1.165, 1.54) is 4.90 Å². The number of hydrogen-bond acceptors (Lipinski definition) is 4. The molecular weight excluding hydrogens is 533 g/mol. The summed E-state index contributed by atoms with van der Waals surface area (Å²) in [7, 11) is 0. The van der Waals surface area contributed by atoms with Crippen molar-refractivity contribution in [3.63, 3.8) is 0 Å². The highest BCUT2D eigenvalue weighted by Gasteiger charge is 2.41. The Balaban J connectivity index is 2.03. The molecule has 1 N–H and O–H groups in total. The maximum absolute atomic E-state index is 13.4. The molecule has 1 aromatic heterocycles. The molecule has 1 aliphatic rings. The third-order valence-electron chi connectivity index (χ3n) is 5.86. The highest BCUT2D eigenvalue weighted by molar-refractivity contribution is 5.90. The van der Waals surface area contributed by atoms with E-state index in [-0.39, 0.29) is 29.4 Å². The lowest BCUT2D eigenvalue weighted by Crippen LogP contribution is -2.48. The molecule has 0 bridgehead atoms. The van der Waals surface area contributed by atoms with E-state index in [1.54, 1.807) is 20.8 Å². The van der Waals surface area contributed by atoms with Crippen molar-refractivity contribution >= 4 is 11.8 Å². The Morgan fingerprint density at radius 3 is 2.05 bits per heavy atom. The van der Waals surface area contributed by atoms with E-state index in [0.29, 0.717) is 24.6 Å². The molecule has 2 atom stereocenters. The average molecular weight is 557 g/mol. The summed E-state index contributed by atoms with van der Waals surface area (Å²) in [5, 5.41) is 2.75. The normalized spacial score (nSPS) is 18.5. The van der Waals surface area contributed by atoms with Gasteiger partial charge in [-0.2, -0.15) is 39.5 Å². The lowest BCUT2D eigenvalue weighted by molar-refractivity contribution is -0.143. The number of benzene rings is 1. The van der Waals surface area contributed by atoms with Crippen LogP contribution in [-0.4, -0.2) is 23.2 Å². The van der Waals surface area contributed by atoms with Crippen LogP contribution in [0.25, 0.3) is 0 Å². The second-order valence-corrected chi connectivity index (χ2v) is 9.05. The first-order valence-corrected chi connectivity index (χ1v) is 11.5. The number of aromatic nitrogens is 1. The molecule has 14 heteroatoms. The van der Waals surface area contributed by atoms with Crippen LogP contribution in [0.3, 0.4) is 0 Å². The number of alkyl halides is 9. The molecule has 5 nitrogen and oxygen atoms in total. The van der Waals surface area contributed by atoms with Crippen molar-refractivity contribution in [2.45, 2.75) is 76.9 Å². The van der Waals surface area contributed by atoms with Crippen LogP contribution in [0, 0.1) is 0 Å². The Hall–Kier alpha value is -3.03. The fourth-order valence-electron chi connectivity index (χ4n) is 4.17. The first kappa shape index (κ1) is 29.5. The molecule has 2 heterocycles. The van der Waals surface area contributed by atoms with E-state index in [4.69, 9.17) is 4.74 Å². The van der Waals surface area contributed by atoms with E-state index in [9.17, 15) is 44.3 Å². The lowest BCUT2D eigenvalue weighted by Gasteiger charge is -2.40. The van der Waals surface area contributed by atoms with Crippen LogP contribution in [-0.2, 0) is 29.8 Å². The number of pyridine rings is 1. The summed E-state index contributed by atoms with van der Waals surface area (Å²) in [6, 6.07) is 1.18. The van der Waals surface area contributed by atoms with Crippen molar-refractivity contribution in [3.8, 4) is 0 Å². The van der Waals surface area contributed by atoms with Gasteiger partial charge in [0.15, 0.2) is 0 Å². The third-order valence-corrected chi connectivity index (χ3v) is 5.86. The summed E-state index contributed by atoms with van der Waals surface area (Å²) >= 11 is 0. The van der Waals surface area contributed by atoms with Crippen LogP contribution >= 0.6 is 0 Å². The largest absolute Gasteiger partial charge is 0.446 e. The number of halogens is 9. The summed E-state index contributed by atoms with van der Waals surface area (Å²) in [4.78, 5) is 17.6. The molecule has 1 aromatic carbocycles. The predicted octanol–water partition coefficient (Wildman–Crippen LogP) is 7.50. The number of anilines is 1. The van der Waals surface area contributed by atoms with E-state index in [0.717, 1.165) is 6.07 Å². The Labute approximate surface area is 212 Å². The maximum atomic E-state index is 13.4. The molecule has 0 aliphatic carbocycles. The van der Waals surface area contributed by atoms with Gasteiger partial charge in [-0.05, 0) is 62.6 Å². The van der Waals surface area contributed by atoms with Gasteiger partial charge in [0.05, 0.1) is 34.7 Å². The fourth-order valence-corrected chi connectivity index (χ4v) is 4.17. The molecule has 1 aliphatic heterocycles. The zero-order valence-electron chi connectivity index (χ0n) is 20.4. The number of carbonyl (C=O) groups is 1. The second-order valence-electron chi connectivity index (χ2n) is 9.05. The quantitative estimate of drug-likeness (QED) is 0.387. The van der Waals surface area contributed by atoms with Crippen LogP contribution in [0.1, 0.15) is 67.7 Å². The number of ether oxygens (including phenoxy) is 1. The van der Waals surface area contributed by atoms with Gasteiger partial charge in [-0.3, -0.25) is 4.90 Å². The molecule has 0 saturated carbocycles. The molecule has 3 rings (SSSR count). The maximum Gasteiger partial charge on any atom is 0.433 e. The van der Waals surface area contributed by atoms with E-state index in [1.807, 2.05) is 0 Å². The molecule has 210 valence electrons. The molecule has 0 saturated heterocycles. The van der Waals surface area contributed by atoms with Crippen molar-refractivity contribution in [3.05, 3.63) is 58.4 Å². The fraction of sp³-hybridized carbons (Fsp3) is 0.500. The standard InChI is InChI=1S/C24H24F9N3O2/c1-4-16-10-17(34-11-13-7-14(22(25,26)27)9-15(8-13)23(28,29)30)20-18(36(16)21(37)38-12(2)3)5-6-19(35-20)24(31,32)33/h5-9,12,16-17,34H,4,10-11H2,1-3H3/t16-,17+/m1/s1. The van der Waals surface area contributed by atoms with Crippen molar-refractivity contribution < 1.29 is 49.0 Å². The minimum absolute atomic E-state index is 0.000673. The van der Waals surface area contributed by atoms with Gasteiger partial charge in [0.1, 0.15) is 5.69 Å².